The van der Waals surface area contributed by atoms with Crippen LogP contribution in [0.1, 0.15) is 18.1 Å². The van der Waals surface area contributed by atoms with E-state index in [4.69, 9.17) is 4.74 Å². The molecule has 3 nitrogen and oxygen atoms in total. The third kappa shape index (κ3) is 2.83. The number of hydrogen-bond acceptors (Lipinski definition) is 2. The fourth-order valence-corrected chi connectivity index (χ4v) is 3.52. The van der Waals surface area contributed by atoms with Crippen LogP contribution in [0.2, 0.25) is 0 Å². The van der Waals surface area contributed by atoms with Crippen LogP contribution in [0, 0.1) is 0 Å². The van der Waals surface area contributed by atoms with Crippen molar-refractivity contribution in [3.8, 4) is 5.75 Å². The molecular weight excluding hydrogens is 378 g/mol. The minimum Gasteiger partial charge on any atom is -0.493 e. The van der Waals surface area contributed by atoms with Crippen molar-refractivity contribution in [3.63, 3.8) is 0 Å². The summed E-state index contributed by atoms with van der Waals surface area (Å²) >= 11 is 3.45. The van der Waals surface area contributed by atoms with Gasteiger partial charge in [0.1, 0.15) is 5.75 Å². The van der Waals surface area contributed by atoms with Crippen molar-refractivity contribution in [2.45, 2.75) is 6.92 Å². The lowest BCUT2D eigenvalue weighted by Gasteiger charge is -2.11. The summed E-state index contributed by atoms with van der Waals surface area (Å²) in [6.45, 7) is 2.53. The van der Waals surface area contributed by atoms with E-state index in [0.717, 1.165) is 37.8 Å². The number of ether oxygens (including phenoxy) is 1. The van der Waals surface area contributed by atoms with Crippen molar-refractivity contribution in [2.75, 3.05) is 11.9 Å². The zero-order valence-electron chi connectivity index (χ0n) is 13.7. The molecule has 0 saturated carbocycles. The Hall–Kier alpha value is -2.59. The molecule has 1 heterocycles. The van der Waals surface area contributed by atoms with Gasteiger partial charge in [-0.15, -0.1) is 0 Å². The first-order valence-corrected chi connectivity index (χ1v) is 8.94. The van der Waals surface area contributed by atoms with Crippen LogP contribution < -0.4 is 10.1 Å². The average Bonchev–Trinajstić information content (AvgIpc) is 2.91. The van der Waals surface area contributed by atoms with Crippen LogP contribution in [0.3, 0.4) is 0 Å². The van der Waals surface area contributed by atoms with Crippen LogP contribution in [0.15, 0.2) is 59.1 Å². The van der Waals surface area contributed by atoms with Gasteiger partial charge < -0.3 is 10.1 Å². The van der Waals surface area contributed by atoms with Crippen molar-refractivity contribution in [1.29, 1.82) is 0 Å². The van der Waals surface area contributed by atoms with Crippen molar-refractivity contribution in [1.82, 2.24) is 0 Å². The van der Waals surface area contributed by atoms with Gasteiger partial charge in [0.2, 0.25) is 0 Å². The number of hydrogen-bond donors (Lipinski definition) is 1. The fourth-order valence-electron chi connectivity index (χ4n) is 3.16. The molecule has 4 rings (SSSR count). The summed E-state index contributed by atoms with van der Waals surface area (Å²) < 4.78 is 6.75. The number of carbonyl (C=O) groups excluding carboxylic acids is 1. The van der Waals surface area contributed by atoms with Crippen LogP contribution in [-0.2, 0) is 4.79 Å². The molecule has 0 bridgehead atoms. The predicted octanol–water partition coefficient (Wildman–Crippen LogP) is 5.49. The Kier molecular flexibility index (Phi) is 4.06. The van der Waals surface area contributed by atoms with E-state index in [1.165, 1.54) is 0 Å². The van der Waals surface area contributed by atoms with Gasteiger partial charge in [-0.2, -0.15) is 0 Å². The number of halogens is 1. The van der Waals surface area contributed by atoms with Gasteiger partial charge in [-0.3, -0.25) is 4.79 Å². The Morgan fingerprint density at radius 2 is 1.96 bits per heavy atom. The largest absolute Gasteiger partial charge is 0.493 e. The summed E-state index contributed by atoms with van der Waals surface area (Å²) in [6.07, 6.45) is 1.93. The molecule has 1 amide bonds. The van der Waals surface area contributed by atoms with E-state index in [-0.39, 0.29) is 5.91 Å². The van der Waals surface area contributed by atoms with Gasteiger partial charge in [0, 0.05) is 21.2 Å². The second-order valence-electron chi connectivity index (χ2n) is 5.83. The molecule has 0 radical (unpaired) electrons. The third-order valence-electron chi connectivity index (χ3n) is 4.28. The standard InChI is InChI=1S/C21H16BrNO2/c1-2-25-20-10-7-13-5-3-4-6-15(13)17(20)12-18-16-9-8-14(22)11-19(16)23-21(18)24/h3-12H,2H2,1H3,(H,23,24). The second-order valence-corrected chi connectivity index (χ2v) is 6.75. The summed E-state index contributed by atoms with van der Waals surface area (Å²) in [5, 5.41) is 5.12. The number of anilines is 1. The van der Waals surface area contributed by atoms with Gasteiger partial charge in [-0.25, -0.2) is 0 Å². The molecule has 4 heteroatoms. The topological polar surface area (TPSA) is 38.3 Å². The van der Waals surface area contributed by atoms with Crippen LogP contribution in [0.4, 0.5) is 5.69 Å². The molecular formula is C21H16BrNO2. The molecule has 0 aliphatic carbocycles. The first-order chi connectivity index (χ1) is 12.2. The first kappa shape index (κ1) is 15.9. The molecule has 0 atom stereocenters. The van der Waals surface area contributed by atoms with Crippen molar-refractivity contribution in [2.24, 2.45) is 0 Å². The molecule has 0 saturated heterocycles. The van der Waals surface area contributed by atoms with Gasteiger partial charge in [0.15, 0.2) is 0 Å². The molecule has 1 aliphatic rings. The Labute approximate surface area is 154 Å². The molecule has 124 valence electrons. The number of fused-ring (bicyclic) bond motifs is 2. The summed E-state index contributed by atoms with van der Waals surface area (Å²) in [5.74, 6) is 0.690. The van der Waals surface area contributed by atoms with Gasteiger partial charge in [-0.05, 0) is 42.0 Å². The fraction of sp³-hybridized carbons (Fsp3) is 0.0952. The Morgan fingerprint density at radius 1 is 1.12 bits per heavy atom. The summed E-state index contributed by atoms with van der Waals surface area (Å²) in [6, 6.07) is 17.9. The summed E-state index contributed by atoms with van der Waals surface area (Å²) in [5.41, 5.74) is 3.31. The van der Waals surface area contributed by atoms with E-state index >= 15 is 0 Å². The van der Waals surface area contributed by atoms with Crippen LogP contribution in [0.5, 0.6) is 5.75 Å². The maximum atomic E-state index is 12.5. The lowest BCUT2D eigenvalue weighted by molar-refractivity contribution is -0.110. The van der Waals surface area contributed by atoms with Gasteiger partial charge in [-0.1, -0.05) is 52.3 Å². The van der Waals surface area contributed by atoms with Crippen LogP contribution in [0.25, 0.3) is 22.4 Å². The van der Waals surface area contributed by atoms with E-state index in [1.54, 1.807) is 0 Å². The van der Waals surface area contributed by atoms with Crippen molar-refractivity contribution >= 4 is 49.9 Å². The molecule has 1 N–H and O–H groups in total. The molecule has 3 aromatic carbocycles. The Balaban J connectivity index is 1.95. The molecule has 0 aromatic heterocycles. The zero-order chi connectivity index (χ0) is 17.4. The minimum atomic E-state index is -0.0940. The average molecular weight is 394 g/mol. The molecule has 3 aromatic rings. The quantitative estimate of drug-likeness (QED) is 0.597. The van der Waals surface area contributed by atoms with Crippen molar-refractivity contribution < 1.29 is 9.53 Å². The molecule has 0 spiro atoms. The highest BCUT2D eigenvalue weighted by Gasteiger charge is 2.25. The van der Waals surface area contributed by atoms with E-state index in [0.29, 0.717) is 12.2 Å². The number of amides is 1. The predicted molar refractivity (Wildman–Crippen MR) is 106 cm³/mol. The SMILES string of the molecule is CCOc1ccc2ccccc2c1C=C1C(=O)Nc2cc(Br)ccc21. The lowest BCUT2D eigenvalue weighted by atomic mass is 9.98. The molecule has 25 heavy (non-hydrogen) atoms. The van der Waals surface area contributed by atoms with E-state index < -0.39 is 0 Å². The number of carbonyl (C=O) groups is 1. The van der Waals surface area contributed by atoms with Gasteiger partial charge >= 0.3 is 0 Å². The van der Waals surface area contributed by atoms with Crippen molar-refractivity contribution in [3.05, 3.63) is 70.2 Å². The normalized spacial score (nSPS) is 14.6. The van der Waals surface area contributed by atoms with Crippen LogP contribution in [-0.4, -0.2) is 12.5 Å². The smallest absolute Gasteiger partial charge is 0.256 e. The summed E-state index contributed by atoms with van der Waals surface area (Å²) in [4.78, 5) is 12.5. The zero-order valence-corrected chi connectivity index (χ0v) is 15.3. The maximum absolute atomic E-state index is 12.5. The Bertz CT molecular complexity index is 1020. The highest BCUT2D eigenvalue weighted by molar-refractivity contribution is 9.10. The highest BCUT2D eigenvalue weighted by Crippen LogP contribution is 2.38. The number of nitrogens with one attached hydrogen (secondary N) is 1. The van der Waals surface area contributed by atoms with Gasteiger partial charge in [0.25, 0.3) is 5.91 Å². The Morgan fingerprint density at radius 3 is 2.80 bits per heavy atom. The van der Waals surface area contributed by atoms with Gasteiger partial charge in [0.05, 0.1) is 12.3 Å². The molecule has 0 fully saturated rings. The minimum absolute atomic E-state index is 0.0940. The number of rotatable bonds is 3. The van der Waals surface area contributed by atoms with Crippen LogP contribution >= 0.6 is 15.9 Å². The maximum Gasteiger partial charge on any atom is 0.256 e. The van der Waals surface area contributed by atoms with E-state index in [9.17, 15) is 4.79 Å². The van der Waals surface area contributed by atoms with E-state index in [2.05, 4.69) is 33.4 Å². The monoisotopic (exact) mass is 393 g/mol. The van der Waals surface area contributed by atoms with E-state index in [1.807, 2.05) is 55.5 Å². The molecule has 1 aliphatic heterocycles. The second kappa shape index (κ2) is 6.37. The summed E-state index contributed by atoms with van der Waals surface area (Å²) in [7, 11) is 0. The first-order valence-electron chi connectivity index (χ1n) is 8.15. The third-order valence-corrected chi connectivity index (χ3v) is 4.78. The lowest BCUT2D eigenvalue weighted by Crippen LogP contribution is -2.04. The molecule has 0 unspecified atom stereocenters. The number of benzene rings is 3. The highest BCUT2D eigenvalue weighted by atomic mass is 79.9.